The number of hydrogen-bond acceptors (Lipinski definition) is 6. The summed E-state index contributed by atoms with van der Waals surface area (Å²) in [6.45, 7) is 8.46. The van der Waals surface area contributed by atoms with Gasteiger partial charge in [-0.3, -0.25) is 9.69 Å². The minimum absolute atomic E-state index is 0.170. The van der Waals surface area contributed by atoms with Crippen molar-refractivity contribution in [2.45, 2.75) is 39.2 Å². The molecule has 2 aromatic rings. The molecule has 1 aromatic carbocycles. The highest BCUT2D eigenvalue weighted by molar-refractivity contribution is 5.83. The van der Waals surface area contributed by atoms with E-state index in [0.29, 0.717) is 17.9 Å². The minimum atomic E-state index is -0.646. The van der Waals surface area contributed by atoms with Gasteiger partial charge in [-0.25, -0.2) is 4.79 Å². The van der Waals surface area contributed by atoms with Crippen LogP contribution in [0.15, 0.2) is 33.5 Å². The normalized spacial score (nSPS) is 15.9. The van der Waals surface area contributed by atoms with E-state index in [1.54, 1.807) is 19.1 Å². The molecule has 0 bridgehead atoms. The van der Waals surface area contributed by atoms with Crippen LogP contribution in [-0.4, -0.2) is 56.3 Å². The Labute approximate surface area is 171 Å². The van der Waals surface area contributed by atoms with Crippen molar-refractivity contribution < 1.29 is 18.7 Å². The molecule has 1 aliphatic rings. The van der Waals surface area contributed by atoms with Crippen LogP contribution in [0.1, 0.15) is 32.3 Å². The number of ether oxygens (including phenoxy) is 2. The van der Waals surface area contributed by atoms with E-state index >= 15 is 0 Å². The van der Waals surface area contributed by atoms with Gasteiger partial charge in [0.25, 0.3) is 5.91 Å². The molecule has 7 nitrogen and oxygen atoms in total. The Hall–Kier alpha value is -2.38. The molecule has 158 valence electrons. The number of amides is 1. The summed E-state index contributed by atoms with van der Waals surface area (Å²) in [5.41, 5.74) is 1.11. The van der Waals surface area contributed by atoms with Crippen molar-refractivity contribution in [3.63, 3.8) is 0 Å². The van der Waals surface area contributed by atoms with Gasteiger partial charge in [0.2, 0.25) is 0 Å². The van der Waals surface area contributed by atoms with Crippen LogP contribution in [0.2, 0.25) is 0 Å². The number of carbonyl (C=O) groups is 1. The van der Waals surface area contributed by atoms with E-state index in [9.17, 15) is 9.59 Å². The lowest BCUT2D eigenvalue weighted by atomic mass is 10.0. The van der Waals surface area contributed by atoms with Gasteiger partial charge in [-0.15, -0.1) is 0 Å². The number of fused-ring (bicyclic) bond motifs is 1. The SMILES string of the molecule is CCCCc1cc(=O)oc2cc(O[C@@H](C)C(=O)NCCN3CCOCC3)ccc12. The van der Waals surface area contributed by atoms with Gasteiger partial charge in [0.1, 0.15) is 11.3 Å². The van der Waals surface area contributed by atoms with Crippen molar-refractivity contribution in [3.8, 4) is 5.75 Å². The molecule has 0 saturated carbocycles. The number of nitrogens with one attached hydrogen (secondary N) is 1. The van der Waals surface area contributed by atoms with E-state index in [0.717, 1.165) is 63.1 Å². The Morgan fingerprint density at radius 3 is 2.83 bits per heavy atom. The summed E-state index contributed by atoms with van der Waals surface area (Å²) in [5.74, 6) is 0.334. The molecule has 0 radical (unpaired) electrons. The average molecular weight is 402 g/mol. The molecule has 3 rings (SSSR count). The number of nitrogens with zero attached hydrogens (tertiary/aromatic N) is 1. The van der Waals surface area contributed by atoms with Gasteiger partial charge in [0.15, 0.2) is 6.10 Å². The Kier molecular flexibility index (Phi) is 7.66. The van der Waals surface area contributed by atoms with E-state index in [1.165, 1.54) is 0 Å². The van der Waals surface area contributed by atoms with Crippen LogP contribution in [0.4, 0.5) is 0 Å². The zero-order valence-corrected chi connectivity index (χ0v) is 17.2. The number of carbonyl (C=O) groups excluding carboxylic acids is 1. The summed E-state index contributed by atoms with van der Waals surface area (Å²) in [7, 11) is 0. The summed E-state index contributed by atoms with van der Waals surface area (Å²) in [6, 6.07) is 6.95. The van der Waals surface area contributed by atoms with Crippen molar-refractivity contribution in [2.24, 2.45) is 0 Å². The smallest absolute Gasteiger partial charge is 0.336 e. The quantitative estimate of drug-likeness (QED) is 0.649. The topological polar surface area (TPSA) is 81.0 Å². The Morgan fingerprint density at radius 2 is 2.07 bits per heavy atom. The molecule has 29 heavy (non-hydrogen) atoms. The Balaban J connectivity index is 1.58. The molecule has 1 aliphatic heterocycles. The van der Waals surface area contributed by atoms with E-state index in [-0.39, 0.29) is 11.5 Å². The summed E-state index contributed by atoms with van der Waals surface area (Å²) in [6.07, 6.45) is 2.26. The molecule has 1 atom stereocenters. The number of morpholine rings is 1. The lowest BCUT2D eigenvalue weighted by Gasteiger charge is -2.26. The average Bonchev–Trinajstić information content (AvgIpc) is 2.72. The lowest BCUT2D eigenvalue weighted by Crippen LogP contribution is -2.43. The number of unbranched alkanes of at least 4 members (excludes halogenated alkanes) is 1. The minimum Gasteiger partial charge on any atom is -0.481 e. The second-order valence-electron chi connectivity index (χ2n) is 7.36. The molecule has 0 unspecified atom stereocenters. The van der Waals surface area contributed by atoms with Crippen LogP contribution < -0.4 is 15.7 Å². The maximum Gasteiger partial charge on any atom is 0.336 e. The highest BCUT2D eigenvalue weighted by atomic mass is 16.5. The lowest BCUT2D eigenvalue weighted by molar-refractivity contribution is -0.127. The van der Waals surface area contributed by atoms with Gasteiger partial charge in [-0.2, -0.15) is 0 Å². The Morgan fingerprint density at radius 1 is 1.28 bits per heavy atom. The highest BCUT2D eigenvalue weighted by Crippen LogP contribution is 2.24. The standard InChI is InChI=1S/C22H30N2O5/c1-3-4-5-17-14-21(25)29-20-15-18(6-7-19(17)20)28-16(2)22(26)23-8-9-24-10-12-27-13-11-24/h6-7,14-16H,3-5,8-13H2,1-2H3,(H,23,26)/t16-/m0/s1. The van der Waals surface area contributed by atoms with Gasteiger partial charge in [-0.05, 0) is 37.5 Å². The van der Waals surface area contributed by atoms with Gasteiger partial charge in [-0.1, -0.05) is 13.3 Å². The number of rotatable bonds is 9. The van der Waals surface area contributed by atoms with Crippen LogP contribution in [0, 0.1) is 0 Å². The first-order valence-corrected chi connectivity index (χ1v) is 10.4. The number of benzene rings is 1. The van der Waals surface area contributed by atoms with Gasteiger partial charge in [0, 0.05) is 43.7 Å². The maximum absolute atomic E-state index is 12.3. The van der Waals surface area contributed by atoms with Crippen molar-refractivity contribution in [1.82, 2.24) is 10.2 Å². The van der Waals surface area contributed by atoms with Crippen LogP contribution >= 0.6 is 0 Å². The van der Waals surface area contributed by atoms with Crippen molar-refractivity contribution in [3.05, 3.63) is 40.2 Å². The second kappa shape index (κ2) is 10.4. The first kappa shape index (κ1) is 21.3. The third-order valence-corrected chi connectivity index (χ3v) is 5.11. The van der Waals surface area contributed by atoms with Crippen molar-refractivity contribution >= 4 is 16.9 Å². The molecule has 7 heteroatoms. The van der Waals surface area contributed by atoms with Gasteiger partial charge in [0.05, 0.1) is 13.2 Å². The third-order valence-electron chi connectivity index (χ3n) is 5.11. The van der Waals surface area contributed by atoms with Crippen molar-refractivity contribution in [2.75, 3.05) is 39.4 Å². The van der Waals surface area contributed by atoms with Crippen LogP contribution in [0.3, 0.4) is 0 Å². The molecular formula is C22H30N2O5. The van der Waals surface area contributed by atoms with Crippen LogP contribution in [0.25, 0.3) is 11.0 Å². The van der Waals surface area contributed by atoms with Gasteiger partial charge < -0.3 is 19.2 Å². The highest BCUT2D eigenvalue weighted by Gasteiger charge is 2.16. The molecule has 1 aromatic heterocycles. The fourth-order valence-corrected chi connectivity index (χ4v) is 3.42. The zero-order chi connectivity index (χ0) is 20.6. The molecule has 1 fully saturated rings. The monoisotopic (exact) mass is 402 g/mol. The van der Waals surface area contributed by atoms with Crippen LogP contribution in [0.5, 0.6) is 5.75 Å². The molecule has 1 amide bonds. The zero-order valence-electron chi connectivity index (χ0n) is 17.2. The predicted molar refractivity (Wildman–Crippen MR) is 111 cm³/mol. The van der Waals surface area contributed by atoms with E-state index in [2.05, 4.69) is 17.1 Å². The first-order chi connectivity index (χ1) is 14.1. The Bertz CT molecular complexity index is 873. The second-order valence-corrected chi connectivity index (χ2v) is 7.36. The number of aryl methyl sites for hydroxylation is 1. The van der Waals surface area contributed by atoms with E-state index < -0.39 is 6.10 Å². The first-order valence-electron chi connectivity index (χ1n) is 10.4. The number of hydrogen-bond donors (Lipinski definition) is 1. The molecule has 1 N–H and O–H groups in total. The molecular weight excluding hydrogens is 372 g/mol. The third kappa shape index (κ3) is 6.05. The predicted octanol–water partition coefficient (Wildman–Crippen LogP) is 2.35. The van der Waals surface area contributed by atoms with E-state index in [4.69, 9.17) is 13.9 Å². The molecule has 2 heterocycles. The van der Waals surface area contributed by atoms with E-state index in [1.807, 2.05) is 12.1 Å². The fraction of sp³-hybridized carbons (Fsp3) is 0.545. The summed E-state index contributed by atoms with van der Waals surface area (Å²) < 4.78 is 16.4. The maximum atomic E-state index is 12.3. The summed E-state index contributed by atoms with van der Waals surface area (Å²) in [5, 5.41) is 3.82. The van der Waals surface area contributed by atoms with Gasteiger partial charge >= 0.3 is 5.63 Å². The fourth-order valence-electron chi connectivity index (χ4n) is 3.42. The molecule has 0 aliphatic carbocycles. The molecule has 1 saturated heterocycles. The molecule has 0 spiro atoms. The summed E-state index contributed by atoms with van der Waals surface area (Å²) in [4.78, 5) is 26.5. The van der Waals surface area contributed by atoms with Crippen LogP contribution in [-0.2, 0) is 16.0 Å². The largest absolute Gasteiger partial charge is 0.481 e. The summed E-state index contributed by atoms with van der Waals surface area (Å²) >= 11 is 0. The van der Waals surface area contributed by atoms with Crippen molar-refractivity contribution in [1.29, 1.82) is 0 Å².